The number of fused-ring (bicyclic) bond motifs is 1. The summed E-state index contributed by atoms with van der Waals surface area (Å²) in [6.45, 7) is 3.46. The Kier molecular flexibility index (Phi) is 7.16. The summed E-state index contributed by atoms with van der Waals surface area (Å²) >= 11 is 5.91. The third-order valence-corrected chi connectivity index (χ3v) is 6.32. The molecule has 4 rings (SSSR count). The summed E-state index contributed by atoms with van der Waals surface area (Å²) in [4.78, 5) is 31.2. The number of carbonyl (C=O) groups excluding carboxylic acids is 2. The predicted octanol–water partition coefficient (Wildman–Crippen LogP) is 3.92. The molecule has 0 aliphatic carbocycles. The average molecular weight is 466 g/mol. The second-order valence-electron chi connectivity index (χ2n) is 8.37. The number of rotatable bonds is 6. The van der Waals surface area contributed by atoms with Crippen molar-refractivity contribution in [3.05, 3.63) is 76.8 Å². The maximum atomic E-state index is 12.8. The van der Waals surface area contributed by atoms with Crippen molar-refractivity contribution in [2.45, 2.75) is 6.54 Å². The summed E-state index contributed by atoms with van der Waals surface area (Å²) in [7, 11) is 3.49. The molecule has 1 aliphatic heterocycles. The molecule has 0 spiro atoms. The van der Waals surface area contributed by atoms with Gasteiger partial charge in [-0.05, 0) is 58.8 Å². The van der Waals surface area contributed by atoms with Crippen molar-refractivity contribution in [2.75, 3.05) is 46.9 Å². The van der Waals surface area contributed by atoms with E-state index in [-0.39, 0.29) is 11.8 Å². The van der Waals surface area contributed by atoms with Gasteiger partial charge in [0.1, 0.15) is 5.75 Å². The van der Waals surface area contributed by atoms with E-state index < -0.39 is 0 Å². The molecule has 2 amide bonds. The van der Waals surface area contributed by atoms with Gasteiger partial charge < -0.3 is 14.5 Å². The zero-order valence-corrected chi connectivity index (χ0v) is 19.7. The van der Waals surface area contributed by atoms with Gasteiger partial charge in [-0.25, -0.2) is 0 Å². The monoisotopic (exact) mass is 465 g/mol. The Morgan fingerprint density at radius 2 is 1.61 bits per heavy atom. The first-order chi connectivity index (χ1) is 15.9. The zero-order valence-electron chi connectivity index (χ0n) is 19.0. The molecule has 0 bridgehead atoms. The molecule has 6 nitrogen and oxygen atoms in total. The second kappa shape index (κ2) is 10.2. The lowest BCUT2D eigenvalue weighted by molar-refractivity contribution is -0.132. The third-order valence-electron chi connectivity index (χ3n) is 6.07. The number of piperazine rings is 1. The van der Waals surface area contributed by atoms with Crippen LogP contribution >= 0.6 is 11.6 Å². The molecule has 1 aliphatic rings. The molecule has 3 aromatic carbocycles. The van der Waals surface area contributed by atoms with Gasteiger partial charge in [0.2, 0.25) is 5.91 Å². The quantitative estimate of drug-likeness (QED) is 0.553. The average Bonchev–Trinajstić information content (AvgIpc) is 2.84. The van der Waals surface area contributed by atoms with Gasteiger partial charge in [-0.2, -0.15) is 0 Å². The molecule has 1 heterocycles. The summed E-state index contributed by atoms with van der Waals surface area (Å²) in [5, 5.41) is 2.84. The van der Waals surface area contributed by atoms with E-state index in [0.29, 0.717) is 49.9 Å². The zero-order chi connectivity index (χ0) is 23.4. The molecular formula is C26H28ClN3O3. The van der Waals surface area contributed by atoms with Gasteiger partial charge in [0, 0.05) is 50.4 Å². The van der Waals surface area contributed by atoms with Gasteiger partial charge in [0.25, 0.3) is 5.91 Å². The molecule has 0 atom stereocenters. The van der Waals surface area contributed by atoms with Crippen molar-refractivity contribution in [1.82, 2.24) is 14.7 Å². The van der Waals surface area contributed by atoms with Gasteiger partial charge in [0.05, 0.1) is 13.7 Å². The van der Waals surface area contributed by atoms with Crippen molar-refractivity contribution in [3.8, 4) is 5.75 Å². The van der Waals surface area contributed by atoms with E-state index in [1.54, 1.807) is 36.3 Å². The van der Waals surface area contributed by atoms with Crippen LogP contribution in [0.15, 0.2) is 60.7 Å². The molecular weight excluding hydrogens is 438 g/mol. The van der Waals surface area contributed by atoms with Crippen LogP contribution in [0, 0.1) is 0 Å². The fourth-order valence-corrected chi connectivity index (χ4v) is 4.18. The van der Waals surface area contributed by atoms with Crippen molar-refractivity contribution in [3.63, 3.8) is 0 Å². The third kappa shape index (κ3) is 5.64. The van der Waals surface area contributed by atoms with Crippen LogP contribution in [0.1, 0.15) is 15.9 Å². The summed E-state index contributed by atoms with van der Waals surface area (Å²) in [5.41, 5.74) is 1.72. The minimum absolute atomic E-state index is 0.00341. The van der Waals surface area contributed by atoms with Gasteiger partial charge >= 0.3 is 0 Å². The summed E-state index contributed by atoms with van der Waals surface area (Å²) in [5.74, 6) is 0.906. The molecule has 172 valence electrons. The minimum atomic E-state index is 0.00341. The van der Waals surface area contributed by atoms with E-state index in [0.717, 1.165) is 22.1 Å². The van der Waals surface area contributed by atoms with Crippen LogP contribution in [-0.4, -0.2) is 73.4 Å². The van der Waals surface area contributed by atoms with Crippen LogP contribution in [0.2, 0.25) is 5.02 Å². The molecule has 1 saturated heterocycles. The molecule has 0 saturated carbocycles. The lowest BCUT2D eigenvalue weighted by Crippen LogP contribution is -2.51. The number of amides is 2. The highest BCUT2D eigenvalue weighted by atomic mass is 35.5. The van der Waals surface area contributed by atoms with E-state index in [9.17, 15) is 9.59 Å². The summed E-state index contributed by atoms with van der Waals surface area (Å²) < 4.78 is 5.28. The molecule has 3 aromatic rings. The SMILES string of the molecule is COc1ccc2cc(CN(C)C(=O)CN3CCN(C(=O)c4ccc(Cl)cc4)CC3)ccc2c1. The number of methoxy groups -OCH3 is 1. The maximum Gasteiger partial charge on any atom is 0.253 e. The van der Waals surface area contributed by atoms with Crippen LogP contribution in [-0.2, 0) is 11.3 Å². The first-order valence-electron chi connectivity index (χ1n) is 11.0. The first kappa shape index (κ1) is 23.1. The first-order valence-corrected chi connectivity index (χ1v) is 11.4. The van der Waals surface area contributed by atoms with Crippen LogP contribution in [0.25, 0.3) is 10.8 Å². The fraction of sp³-hybridized carbons (Fsp3) is 0.308. The molecule has 1 fully saturated rings. The number of hydrogen-bond donors (Lipinski definition) is 0. The maximum absolute atomic E-state index is 12.8. The van der Waals surface area contributed by atoms with E-state index >= 15 is 0 Å². The number of ether oxygens (including phenoxy) is 1. The Labute approximate surface area is 199 Å². The Morgan fingerprint density at radius 1 is 0.939 bits per heavy atom. The highest BCUT2D eigenvalue weighted by Gasteiger charge is 2.24. The number of nitrogens with zero attached hydrogens (tertiary/aromatic N) is 3. The van der Waals surface area contributed by atoms with Crippen LogP contribution in [0.5, 0.6) is 5.75 Å². The van der Waals surface area contributed by atoms with E-state index in [1.807, 2.05) is 36.2 Å². The number of halogens is 1. The van der Waals surface area contributed by atoms with Crippen molar-refractivity contribution in [2.24, 2.45) is 0 Å². The van der Waals surface area contributed by atoms with E-state index in [2.05, 4.69) is 17.0 Å². The number of benzene rings is 3. The van der Waals surface area contributed by atoms with Gasteiger partial charge in [0.15, 0.2) is 0 Å². The predicted molar refractivity (Wildman–Crippen MR) is 131 cm³/mol. The fourth-order valence-electron chi connectivity index (χ4n) is 4.06. The van der Waals surface area contributed by atoms with Crippen molar-refractivity contribution >= 4 is 34.2 Å². The largest absolute Gasteiger partial charge is 0.497 e. The molecule has 0 unspecified atom stereocenters. The van der Waals surface area contributed by atoms with Gasteiger partial charge in [-0.3, -0.25) is 14.5 Å². The van der Waals surface area contributed by atoms with Crippen molar-refractivity contribution in [1.29, 1.82) is 0 Å². The topological polar surface area (TPSA) is 53.1 Å². The second-order valence-corrected chi connectivity index (χ2v) is 8.81. The van der Waals surface area contributed by atoms with Gasteiger partial charge in [-0.15, -0.1) is 0 Å². The van der Waals surface area contributed by atoms with Crippen LogP contribution < -0.4 is 4.74 Å². The smallest absolute Gasteiger partial charge is 0.253 e. The Hall–Kier alpha value is -3.09. The Bertz CT molecular complexity index is 1140. The lowest BCUT2D eigenvalue weighted by atomic mass is 10.1. The van der Waals surface area contributed by atoms with E-state index in [1.165, 1.54) is 0 Å². The molecule has 0 aromatic heterocycles. The molecule has 33 heavy (non-hydrogen) atoms. The lowest BCUT2D eigenvalue weighted by Gasteiger charge is -2.35. The number of carbonyl (C=O) groups is 2. The molecule has 0 radical (unpaired) electrons. The van der Waals surface area contributed by atoms with E-state index in [4.69, 9.17) is 16.3 Å². The Balaban J connectivity index is 1.28. The Morgan fingerprint density at radius 3 is 2.30 bits per heavy atom. The van der Waals surface area contributed by atoms with Crippen molar-refractivity contribution < 1.29 is 14.3 Å². The normalized spacial score (nSPS) is 14.3. The minimum Gasteiger partial charge on any atom is -0.497 e. The summed E-state index contributed by atoms with van der Waals surface area (Å²) in [6, 6.07) is 19.2. The molecule has 7 heteroatoms. The number of hydrogen-bond acceptors (Lipinski definition) is 4. The molecule has 0 N–H and O–H groups in total. The van der Waals surface area contributed by atoms with Gasteiger partial charge in [-0.1, -0.05) is 29.8 Å². The highest BCUT2D eigenvalue weighted by Crippen LogP contribution is 2.22. The van der Waals surface area contributed by atoms with Crippen LogP contribution in [0.4, 0.5) is 0 Å². The summed E-state index contributed by atoms with van der Waals surface area (Å²) in [6.07, 6.45) is 0. The standard InChI is InChI=1S/C26H28ClN3O3/c1-28(17-19-3-4-22-16-24(33-2)10-7-21(22)15-19)25(31)18-29-11-13-30(14-12-29)26(32)20-5-8-23(27)9-6-20/h3-10,15-16H,11-14,17-18H2,1-2H3. The van der Waals surface area contributed by atoms with Crippen LogP contribution in [0.3, 0.4) is 0 Å². The number of likely N-dealkylation sites (N-methyl/N-ethyl adjacent to an activating group) is 1. The highest BCUT2D eigenvalue weighted by molar-refractivity contribution is 6.30.